The number of aromatic nitrogens is 2. The molecule has 0 aliphatic heterocycles. The van der Waals surface area contributed by atoms with Gasteiger partial charge in [-0.05, 0) is 56.1 Å². The van der Waals surface area contributed by atoms with Crippen LogP contribution in [0.1, 0.15) is 38.4 Å². The lowest BCUT2D eigenvalue weighted by Gasteiger charge is -2.28. The summed E-state index contributed by atoms with van der Waals surface area (Å²) in [4.78, 5) is 12.3. The molecule has 2 aromatic rings. The normalized spacial score (nSPS) is 25.3. The van der Waals surface area contributed by atoms with E-state index in [0.717, 1.165) is 27.1 Å². The fourth-order valence-corrected chi connectivity index (χ4v) is 5.91. The fourth-order valence-electron chi connectivity index (χ4n) is 4.35. The van der Waals surface area contributed by atoms with E-state index in [4.69, 9.17) is 4.42 Å². The Kier molecular flexibility index (Phi) is 5.49. The molecular weight excluding hydrogens is 368 g/mol. The minimum Gasteiger partial charge on any atom is -0.467 e. The summed E-state index contributed by atoms with van der Waals surface area (Å²) in [5.74, 6) is 3.73. The Morgan fingerprint density at radius 1 is 1.42 bits per heavy atom. The van der Waals surface area contributed by atoms with Crippen LogP contribution in [0, 0.1) is 17.8 Å². The SMILES string of the molecule is C[C@@H](NC(=O)CSc1nnc(NCc2ccco2)s1)[C@@H]1C[C@H]2CC[C@H]1C2. The number of thioether (sulfide) groups is 1. The Morgan fingerprint density at radius 3 is 3.08 bits per heavy atom. The maximum atomic E-state index is 12.3. The van der Waals surface area contributed by atoms with E-state index in [2.05, 4.69) is 27.8 Å². The van der Waals surface area contributed by atoms with E-state index in [-0.39, 0.29) is 11.9 Å². The number of carbonyl (C=O) groups is 1. The van der Waals surface area contributed by atoms with Gasteiger partial charge in [-0.3, -0.25) is 4.79 Å². The van der Waals surface area contributed by atoms with Crippen molar-refractivity contribution in [2.24, 2.45) is 17.8 Å². The van der Waals surface area contributed by atoms with Crippen LogP contribution in [0.15, 0.2) is 27.2 Å². The number of rotatable bonds is 8. The van der Waals surface area contributed by atoms with Crippen molar-refractivity contribution in [3.63, 3.8) is 0 Å². The highest BCUT2D eigenvalue weighted by Crippen LogP contribution is 2.49. The van der Waals surface area contributed by atoms with Crippen LogP contribution in [-0.4, -0.2) is 27.9 Å². The maximum absolute atomic E-state index is 12.3. The van der Waals surface area contributed by atoms with Gasteiger partial charge in [0.05, 0.1) is 18.6 Å². The largest absolute Gasteiger partial charge is 0.467 e. The zero-order valence-corrected chi connectivity index (χ0v) is 16.4. The molecule has 2 saturated carbocycles. The summed E-state index contributed by atoms with van der Waals surface area (Å²) < 4.78 is 6.07. The van der Waals surface area contributed by atoms with Crippen molar-refractivity contribution in [1.29, 1.82) is 0 Å². The van der Waals surface area contributed by atoms with Crippen LogP contribution in [0.2, 0.25) is 0 Å². The minimum atomic E-state index is 0.0885. The van der Waals surface area contributed by atoms with E-state index in [1.807, 2.05) is 12.1 Å². The third kappa shape index (κ3) is 4.23. The number of furan rings is 1. The highest BCUT2D eigenvalue weighted by atomic mass is 32.2. The van der Waals surface area contributed by atoms with Crippen LogP contribution in [-0.2, 0) is 11.3 Å². The van der Waals surface area contributed by atoms with Crippen LogP contribution < -0.4 is 10.6 Å². The first kappa shape index (κ1) is 17.9. The second-order valence-corrected chi connectivity index (χ2v) is 9.49. The number of hydrogen-bond acceptors (Lipinski definition) is 7. The molecular formula is C18H24N4O2S2. The number of hydrogen-bond donors (Lipinski definition) is 2. The van der Waals surface area contributed by atoms with Gasteiger partial charge in [0.1, 0.15) is 5.76 Å². The van der Waals surface area contributed by atoms with Crippen molar-refractivity contribution < 1.29 is 9.21 Å². The number of nitrogens with zero attached hydrogens (tertiary/aromatic N) is 2. The van der Waals surface area contributed by atoms with Gasteiger partial charge >= 0.3 is 0 Å². The summed E-state index contributed by atoms with van der Waals surface area (Å²) in [6, 6.07) is 4.04. The lowest BCUT2D eigenvalue weighted by molar-refractivity contribution is -0.119. The number of carbonyl (C=O) groups excluding carboxylic acids is 1. The fraction of sp³-hybridized carbons (Fsp3) is 0.611. The predicted molar refractivity (Wildman–Crippen MR) is 103 cm³/mol. The molecule has 0 radical (unpaired) electrons. The van der Waals surface area contributed by atoms with E-state index in [0.29, 0.717) is 18.2 Å². The Balaban J connectivity index is 1.19. The van der Waals surface area contributed by atoms with E-state index >= 15 is 0 Å². The molecule has 2 fully saturated rings. The topological polar surface area (TPSA) is 80.0 Å². The van der Waals surface area contributed by atoms with E-state index in [1.54, 1.807) is 6.26 Å². The summed E-state index contributed by atoms with van der Waals surface area (Å²) in [7, 11) is 0. The molecule has 2 aliphatic carbocycles. The van der Waals surface area contributed by atoms with Crippen LogP contribution >= 0.6 is 23.1 Å². The quantitative estimate of drug-likeness (QED) is 0.666. The zero-order chi connectivity index (χ0) is 17.9. The Hall–Kier alpha value is -1.54. The summed E-state index contributed by atoms with van der Waals surface area (Å²) in [5.41, 5.74) is 0. The maximum Gasteiger partial charge on any atom is 0.230 e. The van der Waals surface area contributed by atoms with E-state index in [9.17, 15) is 4.79 Å². The van der Waals surface area contributed by atoms with Crippen molar-refractivity contribution in [3.05, 3.63) is 24.2 Å². The Morgan fingerprint density at radius 2 is 2.35 bits per heavy atom. The van der Waals surface area contributed by atoms with Crippen LogP contribution in [0.4, 0.5) is 5.13 Å². The monoisotopic (exact) mass is 392 g/mol. The van der Waals surface area contributed by atoms with Gasteiger partial charge in [-0.15, -0.1) is 10.2 Å². The first-order chi connectivity index (χ1) is 12.7. The highest BCUT2D eigenvalue weighted by Gasteiger charge is 2.42. The Labute approximate surface area is 161 Å². The molecule has 140 valence electrons. The first-order valence-electron chi connectivity index (χ1n) is 9.19. The molecule has 4 rings (SSSR count). The first-order valence-corrected chi connectivity index (χ1v) is 11.0. The highest BCUT2D eigenvalue weighted by molar-refractivity contribution is 8.01. The number of fused-ring (bicyclic) bond motifs is 2. The second-order valence-electron chi connectivity index (χ2n) is 7.29. The molecule has 2 aromatic heterocycles. The summed E-state index contributed by atoms with van der Waals surface area (Å²) >= 11 is 2.90. The second kappa shape index (κ2) is 8.00. The smallest absolute Gasteiger partial charge is 0.230 e. The van der Waals surface area contributed by atoms with Gasteiger partial charge in [-0.2, -0.15) is 0 Å². The molecule has 0 unspecified atom stereocenters. The van der Waals surface area contributed by atoms with Crippen LogP contribution in [0.25, 0.3) is 0 Å². The van der Waals surface area contributed by atoms with Crippen molar-refractivity contribution in [2.45, 2.75) is 49.5 Å². The number of amides is 1. The van der Waals surface area contributed by atoms with Gasteiger partial charge in [-0.1, -0.05) is 29.5 Å². The minimum absolute atomic E-state index is 0.0885. The molecule has 6 nitrogen and oxygen atoms in total. The molecule has 8 heteroatoms. The molecule has 0 saturated heterocycles. The molecule has 4 atom stereocenters. The Bertz CT molecular complexity index is 733. The summed E-state index contributed by atoms with van der Waals surface area (Å²) in [5, 5.41) is 15.3. The molecule has 0 aromatic carbocycles. The number of anilines is 1. The van der Waals surface area contributed by atoms with Crippen molar-refractivity contribution in [1.82, 2.24) is 15.5 Å². The predicted octanol–water partition coefficient (Wildman–Crippen LogP) is 3.78. The zero-order valence-electron chi connectivity index (χ0n) is 14.8. The average Bonchev–Trinajstić information content (AvgIpc) is 3.43. The van der Waals surface area contributed by atoms with Crippen LogP contribution in [0.3, 0.4) is 0 Å². The lowest BCUT2D eigenvalue weighted by Crippen LogP contribution is -2.40. The average molecular weight is 393 g/mol. The van der Waals surface area contributed by atoms with Gasteiger partial charge in [-0.25, -0.2) is 0 Å². The lowest BCUT2D eigenvalue weighted by atomic mass is 9.84. The van der Waals surface area contributed by atoms with Gasteiger partial charge < -0.3 is 15.1 Å². The standard InChI is InChI=1S/C18H24N4O2S2/c1-11(15-8-12-4-5-13(15)7-12)20-16(23)10-25-18-22-21-17(26-18)19-9-14-3-2-6-24-14/h2-3,6,11-13,15H,4-5,7-10H2,1H3,(H,19,21)(H,20,23)/t11-,12+,13+,15+/m1/s1. The van der Waals surface area contributed by atoms with Gasteiger partial charge in [0, 0.05) is 6.04 Å². The van der Waals surface area contributed by atoms with Crippen LogP contribution in [0.5, 0.6) is 0 Å². The van der Waals surface area contributed by atoms with Gasteiger partial charge in [0.25, 0.3) is 0 Å². The van der Waals surface area contributed by atoms with Crippen molar-refractivity contribution in [3.8, 4) is 0 Å². The van der Waals surface area contributed by atoms with Gasteiger partial charge in [0.15, 0.2) is 4.34 Å². The third-order valence-electron chi connectivity index (χ3n) is 5.55. The molecule has 1 amide bonds. The molecule has 2 N–H and O–H groups in total. The molecule has 2 bridgehead atoms. The van der Waals surface area contributed by atoms with E-state index < -0.39 is 0 Å². The molecule has 0 spiro atoms. The summed E-state index contributed by atoms with van der Waals surface area (Å²) in [6.45, 7) is 2.74. The van der Waals surface area contributed by atoms with Gasteiger partial charge in [0.2, 0.25) is 11.0 Å². The molecule has 2 aliphatic rings. The third-order valence-corrected chi connectivity index (χ3v) is 7.57. The molecule has 2 heterocycles. The summed E-state index contributed by atoms with van der Waals surface area (Å²) in [6.07, 6.45) is 7.06. The van der Waals surface area contributed by atoms with Crippen molar-refractivity contribution >= 4 is 34.1 Å². The van der Waals surface area contributed by atoms with E-state index in [1.165, 1.54) is 48.8 Å². The molecule has 26 heavy (non-hydrogen) atoms. The van der Waals surface area contributed by atoms with Crippen molar-refractivity contribution in [2.75, 3.05) is 11.1 Å². The number of nitrogens with one attached hydrogen (secondary N) is 2.